The van der Waals surface area contributed by atoms with Crippen molar-refractivity contribution in [3.8, 4) is 0 Å². The van der Waals surface area contributed by atoms with Crippen molar-refractivity contribution in [3.63, 3.8) is 0 Å². The van der Waals surface area contributed by atoms with Crippen LogP contribution in [0.25, 0.3) is 0 Å². The van der Waals surface area contributed by atoms with Crippen LogP contribution in [-0.4, -0.2) is 16.1 Å². The second-order valence-corrected chi connectivity index (χ2v) is 3.69. The highest BCUT2D eigenvalue weighted by molar-refractivity contribution is 6.30. The summed E-state index contributed by atoms with van der Waals surface area (Å²) in [6, 6.07) is 6.28. The molecule has 0 amide bonds. The average molecular weight is 228 g/mol. The Hall–Kier alpha value is -1.42. The zero-order valence-corrected chi connectivity index (χ0v) is 8.90. The molecule has 0 heterocycles. The molecular weight excluding hydrogens is 218 g/mol. The zero-order valence-electron chi connectivity index (χ0n) is 8.14. The molecule has 0 aliphatic heterocycles. The van der Waals surface area contributed by atoms with Crippen molar-refractivity contribution in [1.29, 1.82) is 0 Å². The quantitative estimate of drug-likeness (QED) is 0.451. The summed E-state index contributed by atoms with van der Waals surface area (Å²) in [5, 5.41) is 9.95. The maximum absolute atomic E-state index is 10.9. The molecule has 1 aromatic carbocycles. The van der Waals surface area contributed by atoms with Crippen LogP contribution in [-0.2, 0) is 11.2 Å². The number of carbonyl (C=O) groups is 1. The largest absolute Gasteiger partial charge is 0.298 e. The highest BCUT2D eigenvalue weighted by Crippen LogP contribution is 2.20. The molecule has 1 unspecified atom stereocenters. The second-order valence-electron chi connectivity index (χ2n) is 3.17. The van der Waals surface area contributed by atoms with E-state index in [0.717, 1.165) is 0 Å². The van der Waals surface area contributed by atoms with Crippen LogP contribution in [0.4, 0.5) is 5.69 Å². The van der Waals surface area contributed by atoms with Crippen LogP contribution in [0.3, 0.4) is 0 Å². The summed E-state index contributed by atoms with van der Waals surface area (Å²) < 4.78 is 0. The minimum Gasteiger partial charge on any atom is -0.298 e. The Bertz CT molecular complexity index is 392. The number of nitrogens with zero attached hydrogens (tertiary/aromatic N) is 1. The Morgan fingerprint density at radius 2 is 2.13 bits per heavy atom. The minimum absolute atomic E-state index is 0.00407. The van der Waals surface area contributed by atoms with E-state index in [4.69, 9.17) is 11.6 Å². The molecule has 15 heavy (non-hydrogen) atoms. The first-order valence-corrected chi connectivity index (χ1v) is 4.83. The highest BCUT2D eigenvalue weighted by Gasteiger charge is 2.18. The number of ketones is 1. The molecule has 0 N–H and O–H groups in total. The number of nitro benzene ring substituents is 1. The number of para-hydroxylation sites is 1. The van der Waals surface area contributed by atoms with Crippen molar-refractivity contribution in [3.05, 3.63) is 39.9 Å². The SMILES string of the molecule is CC(=O)C(Cl)Cc1ccccc1[N+](=O)[O-]. The van der Waals surface area contributed by atoms with Gasteiger partial charge in [-0.15, -0.1) is 11.6 Å². The average Bonchev–Trinajstić information content (AvgIpc) is 2.18. The van der Waals surface area contributed by atoms with Crippen LogP contribution in [0.2, 0.25) is 0 Å². The lowest BCUT2D eigenvalue weighted by molar-refractivity contribution is -0.385. The number of rotatable bonds is 4. The van der Waals surface area contributed by atoms with Crippen LogP contribution < -0.4 is 0 Å². The van der Waals surface area contributed by atoms with Gasteiger partial charge in [-0.2, -0.15) is 0 Å². The van der Waals surface area contributed by atoms with E-state index in [1.54, 1.807) is 18.2 Å². The van der Waals surface area contributed by atoms with Crippen LogP contribution in [0.1, 0.15) is 12.5 Å². The summed E-state index contributed by atoms with van der Waals surface area (Å²) in [4.78, 5) is 21.1. The molecule has 0 spiro atoms. The first-order chi connectivity index (χ1) is 7.02. The van der Waals surface area contributed by atoms with Gasteiger partial charge in [0.05, 0.1) is 10.3 Å². The number of Topliss-reactive ketones (excluding diaryl/α,β-unsaturated/α-hetero) is 1. The molecule has 0 saturated heterocycles. The third kappa shape index (κ3) is 3.02. The van der Waals surface area contributed by atoms with Gasteiger partial charge in [-0.3, -0.25) is 14.9 Å². The van der Waals surface area contributed by atoms with Gasteiger partial charge >= 0.3 is 0 Å². The molecule has 0 aromatic heterocycles. The molecule has 0 bridgehead atoms. The van der Waals surface area contributed by atoms with E-state index in [9.17, 15) is 14.9 Å². The van der Waals surface area contributed by atoms with Crippen LogP contribution in [0, 0.1) is 10.1 Å². The molecule has 80 valence electrons. The van der Waals surface area contributed by atoms with E-state index >= 15 is 0 Å². The summed E-state index contributed by atoms with van der Waals surface area (Å²) in [6.45, 7) is 1.37. The molecule has 0 saturated carbocycles. The van der Waals surface area contributed by atoms with E-state index in [1.807, 2.05) is 0 Å². The van der Waals surface area contributed by atoms with Crippen molar-refractivity contribution in [2.24, 2.45) is 0 Å². The minimum atomic E-state index is -0.703. The fraction of sp³-hybridized carbons (Fsp3) is 0.300. The number of benzene rings is 1. The van der Waals surface area contributed by atoms with Gasteiger partial charge in [0.15, 0.2) is 0 Å². The Kier molecular flexibility index (Phi) is 3.80. The highest BCUT2D eigenvalue weighted by atomic mass is 35.5. The maximum atomic E-state index is 10.9. The second kappa shape index (κ2) is 4.89. The Morgan fingerprint density at radius 3 is 2.67 bits per heavy atom. The summed E-state index contributed by atoms with van der Waals surface area (Å²) in [5.74, 6) is -0.185. The first-order valence-electron chi connectivity index (χ1n) is 4.39. The molecule has 0 aliphatic carbocycles. The molecule has 1 rings (SSSR count). The van der Waals surface area contributed by atoms with Gasteiger partial charge < -0.3 is 0 Å². The molecule has 4 nitrogen and oxygen atoms in total. The fourth-order valence-corrected chi connectivity index (χ4v) is 1.36. The smallest absolute Gasteiger partial charge is 0.272 e. The summed E-state index contributed by atoms with van der Waals surface area (Å²) in [7, 11) is 0. The van der Waals surface area contributed by atoms with Gasteiger partial charge in [-0.1, -0.05) is 18.2 Å². The number of hydrogen-bond acceptors (Lipinski definition) is 3. The third-order valence-corrected chi connectivity index (χ3v) is 2.49. The molecule has 1 atom stereocenters. The lowest BCUT2D eigenvalue weighted by Crippen LogP contribution is -2.14. The van der Waals surface area contributed by atoms with E-state index in [2.05, 4.69) is 0 Å². The number of carbonyl (C=O) groups excluding carboxylic acids is 1. The van der Waals surface area contributed by atoms with Gasteiger partial charge in [-0.25, -0.2) is 0 Å². The summed E-state index contributed by atoms with van der Waals surface area (Å²) in [6.07, 6.45) is 0.189. The molecular formula is C10H10ClNO3. The van der Waals surface area contributed by atoms with Crippen LogP contribution in [0.15, 0.2) is 24.3 Å². The molecule has 0 fully saturated rings. The van der Waals surface area contributed by atoms with E-state index in [-0.39, 0.29) is 17.9 Å². The van der Waals surface area contributed by atoms with Crippen LogP contribution >= 0.6 is 11.6 Å². The van der Waals surface area contributed by atoms with Gasteiger partial charge in [0, 0.05) is 18.1 Å². The topological polar surface area (TPSA) is 60.2 Å². The Labute approximate surface area is 92.0 Å². The number of hydrogen-bond donors (Lipinski definition) is 0. The lowest BCUT2D eigenvalue weighted by Gasteiger charge is -2.05. The predicted octanol–water partition coefficient (Wildman–Crippen LogP) is 2.33. The van der Waals surface area contributed by atoms with Crippen LogP contribution in [0.5, 0.6) is 0 Å². The monoisotopic (exact) mass is 227 g/mol. The van der Waals surface area contributed by atoms with Gasteiger partial charge in [-0.05, 0) is 6.92 Å². The van der Waals surface area contributed by atoms with Gasteiger partial charge in [0.25, 0.3) is 5.69 Å². The third-order valence-electron chi connectivity index (χ3n) is 2.03. The number of alkyl halides is 1. The maximum Gasteiger partial charge on any atom is 0.272 e. The fourth-order valence-electron chi connectivity index (χ4n) is 1.20. The van der Waals surface area contributed by atoms with E-state index in [1.165, 1.54) is 13.0 Å². The summed E-state index contributed by atoms with van der Waals surface area (Å²) >= 11 is 5.75. The first kappa shape index (κ1) is 11.7. The summed E-state index contributed by atoms with van der Waals surface area (Å²) in [5.41, 5.74) is 0.488. The van der Waals surface area contributed by atoms with Gasteiger partial charge in [0.1, 0.15) is 5.78 Å². The van der Waals surface area contributed by atoms with Crippen molar-refractivity contribution in [2.45, 2.75) is 18.7 Å². The van der Waals surface area contributed by atoms with Crippen molar-refractivity contribution in [2.75, 3.05) is 0 Å². The molecule has 1 aromatic rings. The Morgan fingerprint density at radius 1 is 1.53 bits per heavy atom. The van der Waals surface area contributed by atoms with Crippen molar-refractivity contribution in [1.82, 2.24) is 0 Å². The number of halogens is 1. The van der Waals surface area contributed by atoms with E-state index in [0.29, 0.717) is 5.56 Å². The van der Waals surface area contributed by atoms with Gasteiger partial charge in [0.2, 0.25) is 0 Å². The lowest BCUT2D eigenvalue weighted by atomic mass is 10.1. The molecule has 5 heteroatoms. The van der Waals surface area contributed by atoms with E-state index < -0.39 is 10.3 Å². The Balaban J connectivity index is 2.94. The zero-order chi connectivity index (χ0) is 11.4. The molecule has 0 aliphatic rings. The molecule has 0 radical (unpaired) electrons. The van der Waals surface area contributed by atoms with Crippen molar-refractivity contribution >= 4 is 23.1 Å². The standard InChI is InChI=1S/C10H10ClNO3/c1-7(13)9(11)6-8-4-2-3-5-10(8)12(14)15/h2-5,9H,6H2,1H3. The normalized spacial score (nSPS) is 12.1. The van der Waals surface area contributed by atoms with Crippen molar-refractivity contribution < 1.29 is 9.72 Å². The number of nitro groups is 1. The predicted molar refractivity (Wildman–Crippen MR) is 57.1 cm³/mol.